The molecule has 0 aliphatic carbocycles. The Balaban J connectivity index is 2.54. The number of halogens is 1. The lowest BCUT2D eigenvalue weighted by Crippen LogP contribution is -2.18. The Bertz CT molecular complexity index is 262. The van der Waals surface area contributed by atoms with Crippen LogP contribution in [0.3, 0.4) is 0 Å². The van der Waals surface area contributed by atoms with Gasteiger partial charge in [-0.05, 0) is 19.9 Å². The van der Waals surface area contributed by atoms with E-state index in [2.05, 4.69) is 5.10 Å². The van der Waals surface area contributed by atoms with Crippen molar-refractivity contribution in [1.82, 2.24) is 9.78 Å². The number of alkyl halides is 1. The third-order valence-corrected chi connectivity index (χ3v) is 1.93. The molecule has 0 aliphatic rings. The minimum atomic E-state index is -1.14. The molecule has 1 heterocycles. The maximum absolute atomic E-state index is 13.1. The Morgan fingerprint density at radius 3 is 2.85 bits per heavy atom. The van der Waals surface area contributed by atoms with Crippen LogP contribution in [-0.2, 0) is 13.1 Å². The summed E-state index contributed by atoms with van der Waals surface area (Å²) in [6.07, 6.45) is 2.15. The molecule has 0 atom stereocenters. The van der Waals surface area contributed by atoms with Crippen LogP contribution < -0.4 is 5.73 Å². The molecule has 13 heavy (non-hydrogen) atoms. The average Bonchev–Trinajstić information content (AvgIpc) is 2.46. The van der Waals surface area contributed by atoms with E-state index < -0.39 is 5.67 Å². The highest BCUT2D eigenvalue weighted by Crippen LogP contribution is 2.14. The van der Waals surface area contributed by atoms with Crippen molar-refractivity contribution < 1.29 is 4.39 Å². The highest BCUT2D eigenvalue weighted by atomic mass is 19.1. The summed E-state index contributed by atoms with van der Waals surface area (Å²) in [5.74, 6) is 0. The summed E-state index contributed by atoms with van der Waals surface area (Å²) in [6.45, 7) is 4.17. The van der Waals surface area contributed by atoms with Gasteiger partial charge in [0.1, 0.15) is 5.67 Å². The van der Waals surface area contributed by atoms with Crippen molar-refractivity contribution in [3.05, 3.63) is 18.0 Å². The molecule has 1 aromatic rings. The van der Waals surface area contributed by atoms with E-state index in [9.17, 15) is 4.39 Å². The topological polar surface area (TPSA) is 43.8 Å². The number of aryl methyl sites for hydroxylation is 1. The first-order valence-electron chi connectivity index (χ1n) is 4.42. The van der Waals surface area contributed by atoms with E-state index in [1.54, 1.807) is 24.7 Å². The maximum atomic E-state index is 13.1. The van der Waals surface area contributed by atoms with Crippen LogP contribution in [0.5, 0.6) is 0 Å². The highest BCUT2D eigenvalue weighted by Gasteiger charge is 2.15. The summed E-state index contributed by atoms with van der Waals surface area (Å²) in [5, 5.41) is 4.06. The Kier molecular flexibility index (Phi) is 3.03. The smallest absolute Gasteiger partial charge is 0.107 e. The Labute approximate surface area is 77.7 Å². The zero-order valence-electron chi connectivity index (χ0n) is 8.13. The van der Waals surface area contributed by atoms with Gasteiger partial charge in [-0.3, -0.25) is 4.68 Å². The Hall–Kier alpha value is -0.900. The van der Waals surface area contributed by atoms with Gasteiger partial charge >= 0.3 is 0 Å². The predicted octanol–water partition coefficient (Wildman–Crippen LogP) is 1.48. The van der Waals surface area contributed by atoms with Crippen LogP contribution in [0.1, 0.15) is 26.0 Å². The average molecular weight is 185 g/mol. The van der Waals surface area contributed by atoms with Gasteiger partial charge in [0.15, 0.2) is 0 Å². The normalized spacial score (nSPS) is 12.0. The van der Waals surface area contributed by atoms with Crippen molar-refractivity contribution >= 4 is 0 Å². The molecule has 0 amide bonds. The third-order valence-electron chi connectivity index (χ3n) is 1.93. The Morgan fingerprint density at radius 2 is 2.31 bits per heavy atom. The second kappa shape index (κ2) is 3.87. The molecule has 0 spiro atoms. The molecule has 0 saturated carbocycles. The van der Waals surface area contributed by atoms with Gasteiger partial charge < -0.3 is 5.73 Å². The van der Waals surface area contributed by atoms with Crippen LogP contribution >= 0.6 is 0 Å². The molecule has 3 nitrogen and oxygen atoms in total. The first kappa shape index (κ1) is 10.2. The third kappa shape index (κ3) is 3.14. The van der Waals surface area contributed by atoms with E-state index in [1.807, 2.05) is 6.07 Å². The van der Waals surface area contributed by atoms with Crippen LogP contribution in [0.15, 0.2) is 12.3 Å². The molecule has 2 N–H and O–H groups in total. The van der Waals surface area contributed by atoms with Crippen LogP contribution in [0.25, 0.3) is 0 Å². The molecule has 0 radical (unpaired) electrons. The minimum Gasteiger partial charge on any atom is -0.325 e. The van der Waals surface area contributed by atoms with Crippen LogP contribution in [-0.4, -0.2) is 15.4 Å². The number of hydrogen-bond acceptors (Lipinski definition) is 2. The predicted molar refractivity (Wildman–Crippen MR) is 49.9 cm³/mol. The first-order valence-corrected chi connectivity index (χ1v) is 4.42. The van der Waals surface area contributed by atoms with Gasteiger partial charge in [0.05, 0.1) is 5.69 Å². The van der Waals surface area contributed by atoms with E-state index in [4.69, 9.17) is 5.73 Å². The fraction of sp³-hybridized carbons (Fsp3) is 0.667. The standard InChI is InChI=1S/C9H16FN3/c1-9(2,10)4-6-13-8(7-11)3-5-12-13/h3,5H,4,6-7,11H2,1-2H3. The summed E-state index contributed by atoms with van der Waals surface area (Å²) in [4.78, 5) is 0. The van der Waals surface area contributed by atoms with Crippen molar-refractivity contribution in [3.8, 4) is 0 Å². The van der Waals surface area contributed by atoms with E-state index in [0.717, 1.165) is 5.69 Å². The number of nitrogens with two attached hydrogens (primary N) is 1. The molecule has 0 aliphatic heterocycles. The van der Waals surface area contributed by atoms with Gasteiger partial charge in [0, 0.05) is 25.7 Å². The molecule has 1 rings (SSSR count). The van der Waals surface area contributed by atoms with Crippen LogP contribution in [0.4, 0.5) is 4.39 Å². The molecule has 1 aromatic heterocycles. The number of rotatable bonds is 4. The molecule has 74 valence electrons. The lowest BCUT2D eigenvalue weighted by atomic mass is 10.1. The fourth-order valence-electron chi connectivity index (χ4n) is 1.11. The zero-order valence-corrected chi connectivity index (χ0v) is 8.13. The van der Waals surface area contributed by atoms with Gasteiger partial charge in [-0.2, -0.15) is 5.10 Å². The summed E-state index contributed by atoms with van der Waals surface area (Å²) < 4.78 is 14.9. The van der Waals surface area contributed by atoms with E-state index in [1.165, 1.54) is 0 Å². The van der Waals surface area contributed by atoms with E-state index in [0.29, 0.717) is 19.5 Å². The van der Waals surface area contributed by atoms with Crippen molar-refractivity contribution in [2.45, 2.75) is 39.0 Å². The lowest BCUT2D eigenvalue weighted by Gasteiger charge is -2.14. The lowest BCUT2D eigenvalue weighted by molar-refractivity contribution is 0.189. The second-order valence-corrected chi connectivity index (χ2v) is 3.72. The summed E-state index contributed by atoms with van der Waals surface area (Å²) in [6, 6.07) is 1.85. The summed E-state index contributed by atoms with van der Waals surface area (Å²) >= 11 is 0. The number of nitrogens with zero attached hydrogens (tertiary/aromatic N) is 2. The van der Waals surface area contributed by atoms with Crippen molar-refractivity contribution in [1.29, 1.82) is 0 Å². The van der Waals surface area contributed by atoms with Crippen molar-refractivity contribution in [2.75, 3.05) is 0 Å². The maximum Gasteiger partial charge on any atom is 0.107 e. The molecular formula is C9H16FN3. The molecule has 0 unspecified atom stereocenters. The van der Waals surface area contributed by atoms with Crippen molar-refractivity contribution in [2.24, 2.45) is 5.73 Å². The van der Waals surface area contributed by atoms with Gasteiger partial charge in [0.25, 0.3) is 0 Å². The largest absolute Gasteiger partial charge is 0.325 e. The van der Waals surface area contributed by atoms with Crippen LogP contribution in [0.2, 0.25) is 0 Å². The first-order chi connectivity index (χ1) is 6.03. The number of hydrogen-bond donors (Lipinski definition) is 1. The Morgan fingerprint density at radius 1 is 1.62 bits per heavy atom. The van der Waals surface area contributed by atoms with Crippen LogP contribution in [0, 0.1) is 0 Å². The van der Waals surface area contributed by atoms with Gasteiger partial charge in [0.2, 0.25) is 0 Å². The molecule has 0 saturated heterocycles. The molecule has 0 bridgehead atoms. The van der Waals surface area contributed by atoms with Gasteiger partial charge in [-0.1, -0.05) is 0 Å². The SMILES string of the molecule is CC(C)(F)CCn1nccc1CN. The highest BCUT2D eigenvalue weighted by molar-refractivity contribution is 4.99. The van der Waals surface area contributed by atoms with Crippen molar-refractivity contribution in [3.63, 3.8) is 0 Å². The molecule has 0 aromatic carbocycles. The fourth-order valence-corrected chi connectivity index (χ4v) is 1.11. The number of aromatic nitrogens is 2. The monoisotopic (exact) mass is 185 g/mol. The zero-order chi connectivity index (χ0) is 9.90. The summed E-state index contributed by atoms with van der Waals surface area (Å²) in [7, 11) is 0. The molecule has 0 fully saturated rings. The molecular weight excluding hydrogens is 169 g/mol. The summed E-state index contributed by atoms with van der Waals surface area (Å²) in [5.41, 5.74) is 5.29. The quantitative estimate of drug-likeness (QED) is 0.772. The molecule has 4 heteroatoms. The van der Waals surface area contributed by atoms with Gasteiger partial charge in [-0.25, -0.2) is 4.39 Å². The minimum absolute atomic E-state index is 0.451. The van der Waals surface area contributed by atoms with E-state index in [-0.39, 0.29) is 0 Å². The van der Waals surface area contributed by atoms with Gasteiger partial charge in [-0.15, -0.1) is 0 Å². The van der Waals surface area contributed by atoms with E-state index >= 15 is 0 Å². The second-order valence-electron chi connectivity index (χ2n) is 3.72.